The number of aliphatic carboxylic acids is 1. The third kappa shape index (κ3) is 5.11. The van der Waals surface area contributed by atoms with Crippen molar-refractivity contribution < 1.29 is 36.6 Å². The molecule has 0 spiro atoms. The molecule has 0 bridgehead atoms. The van der Waals surface area contributed by atoms with Crippen LogP contribution in [-0.2, 0) is 33.5 Å². The Bertz CT molecular complexity index is 1340. The molecule has 2 fully saturated rings. The van der Waals surface area contributed by atoms with E-state index in [1.54, 1.807) is 6.07 Å². The predicted octanol–water partition coefficient (Wildman–Crippen LogP) is 7.57. The molecule has 5 rings (SSSR count). The molecule has 4 nitrogen and oxygen atoms in total. The van der Waals surface area contributed by atoms with Crippen molar-refractivity contribution in [2.75, 3.05) is 6.54 Å². The van der Waals surface area contributed by atoms with E-state index in [2.05, 4.69) is 38.1 Å². The average Bonchev–Trinajstić information content (AvgIpc) is 3.31. The number of aryl methyl sites for hydroxylation is 1. The lowest BCUT2D eigenvalue weighted by Crippen LogP contribution is -2.51. The molecule has 1 amide bonds. The van der Waals surface area contributed by atoms with Crippen molar-refractivity contribution >= 4 is 11.9 Å². The van der Waals surface area contributed by atoms with E-state index in [0.717, 1.165) is 11.1 Å². The van der Waals surface area contributed by atoms with Gasteiger partial charge in [-0.05, 0) is 92.0 Å². The van der Waals surface area contributed by atoms with Gasteiger partial charge in [0, 0.05) is 23.9 Å². The number of benzene rings is 2. The zero-order chi connectivity index (χ0) is 30.7. The maximum absolute atomic E-state index is 14.9. The van der Waals surface area contributed by atoms with Gasteiger partial charge in [-0.3, -0.25) is 4.79 Å². The Balaban J connectivity index is 1.49. The molecule has 0 radical (unpaired) electrons. The number of alkyl halides is 5. The summed E-state index contributed by atoms with van der Waals surface area (Å²) in [7, 11) is 0. The molecule has 42 heavy (non-hydrogen) atoms. The van der Waals surface area contributed by atoms with Gasteiger partial charge in [-0.25, -0.2) is 13.6 Å². The highest BCUT2D eigenvalue weighted by molar-refractivity contribution is 5.82. The Kier molecular flexibility index (Phi) is 7.72. The molecule has 1 saturated heterocycles. The monoisotopic (exact) mass is 591 g/mol. The smallest absolute Gasteiger partial charge is 0.426 e. The Morgan fingerprint density at radius 1 is 1.00 bits per heavy atom. The summed E-state index contributed by atoms with van der Waals surface area (Å²) in [5, 5.41) is 9.26. The average molecular weight is 592 g/mol. The molecule has 1 saturated carbocycles. The fourth-order valence-electron chi connectivity index (χ4n) is 7.44. The standard InChI is InChI=1S/C33H38F5NO3/c1-20(2)22-6-4-21(5-7-22)19-31-16-17-39(28(40)23-12-14-32(35,15-13-23)29(41)42)27(31)11-8-24-18-25(9-10-26(24)31)30(3,34)33(36,37)38/h4-7,9-10,18,20,23,27H,8,11-17,19H2,1-3H3,(H,41,42)/t23-,27?,30?,31?,32+. The molecule has 2 aromatic rings. The van der Waals surface area contributed by atoms with Crippen LogP contribution in [0.3, 0.4) is 0 Å². The number of hydrogen-bond acceptors (Lipinski definition) is 2. The lowest BCUT2D eigenvalue weighted by molar-refractivity contribution is -0.228. The number of carbonyl (C=O) groups is 2. The van der Waals surface area contributed by atoms with Gasteiger partial charge in [0.25, 0.3) is 0 Å². The van der Waals surface area contributed by atoms with Gasteiger partial charge in [0.05, 0.1) is 0 Å². The summed E-state index contributed by atoms with van der Waals surface area (Å²) >= 11 is 0. The van der Waals surface area contributed by atoms with Crippen LogP contribution in [-0.4, -0.2) is 46.3 Å². The Hall–Kier alpha value is -2.97. The zero-order valence-electron chi connectivity index (χ0n) is 24.2. The molecule has 2 aliphatic carbocycles. The minimum absolute atomic E-state index is 0.113. The van der Waals surface area contributed by atoms with E-state index in [0.29, 0.717) is 50.6 Å². The summed E-state index contributed by atoms with van der Waals surface area (Å²) in [4.78, 5) is 27.1. The third-order valence-electron chi connectivity index (χ3n) is 10.2. The van der Waals surface area contributed by atoms with E-state index in [4.69, 9.17) is 0 Å². The number of rotatable bonds is 6. The van der Waals surface area contributed by atoms with Gasteiger partial charge in [-0.1, -0.05) is 56.3 Å². The summed E-state index contributed by atoms with van der Waals surface area (Å²) in [5.74, 6) is -1.73. The first-order valence-corrected chi connectivity index (χ1v) is 14.8. The summed E-state index contributed by atoms with van der Waals surface area (Å²) < 4.78 is 70.3. The second-order valence-electron chi connectivity index (χ2n) is 13.0. The van der Waals surface area contributed by atoms with Crippen LogP contribution in [0.5, 0.6) is 0 Å². The number of likely N-dealkylation sites (tertiary alicyclic amines) is 1. The number of halogens is 5. The SMILES string of the molecule is CC(C)c1ccc(CC23CCN(C(=O)[C@H]4CC[C@](F)(C(=O)O)CC4)C2CCc2cc(C(C)(F)C(F)(F)F)ccc23)cc1. The van der Waals surface area contributed by atoms with Gasteiger partial charge >= 0.3 is 12.1 Å². The van der Waals surface area contributed by atoms with Crippen LogP contribution in [0.2, 0.25) is 0 Å². The van der Waals surface area contributed by atoms with Crippen LogP contribution < -0.4 is 0 Å². The maximum Gasteiger partial charge on any atom is 0.426 e. The molecule has 3 atom stereocenters. The van der Waals surface area contributed by atoms with E-state index in [1.165, 1.54) is 17.7 Å². The highest BCUT2D eigenvalue weighted by atomic mass is 19.4. The Morgan fingerprint density at radius 2 is 1.64 bits per heavy atom. The summed E-state index contributed by atoms with van der Waals surface area (Å²) in [6.07, 6.45) is -3.11. The normalized spacial score (nSPS) is 29.1. The van der Waals surface area contributed by atoms with Gasteiger partial charge in [-0.15, -0.1) is 0 Å². The van der Waals surface area contributed by atoms with Crippen LogP contribution in [0.4, 0.5) is 22.0 Å². The summed E-state index contributed by atoms with van der Waals surface area (Å²) in [5.41, 5.74) is -3.05. The minimum atomic E-state index is -5.05. The van der Waals surface area contributed by atoms with Crippen molar-refractivity contribution in [3.63, 3.8) is 0 Å². The summed E-state index contributed by atoms with van der Waals surface area (Å²) in [6, 6.07) is 12.2. The van der Waals surface area contributed by atoms with Crippen LogP contribution in [0.25, 0.3) is 0 Å². The van der Waals surface area contributed by atoms with Crippen LogP contribution in [0.1, 0.15) is 93.0 Å². The lowest BCUT2D eigenvalue weighted by atomic mass is 9.63. The lowest BCUT2D eigenvalue weighted by Gasteiger charge is -2.45. The molecule has 3 aliphatic rings. The Labute approximate surface area is 243 Å². The first-order chi connectivity index (χ1) is 19.6. The molecule has 1 N–H and O–H groups in total. The first-order valence-electron chi connectivity index (χ1n) is 14.8. The molecule has 1 aliphatic heterocycles. The quantitative estimate of drug-likeness (QED) is 0.353. The molecule has 1 heterocycles. The fraction of sp³-hybridized carbons (Fsp3) is 0.576. The highest BCUT2D eigenvalue weighted by Gasteiger charge is 2.56. The van der Waals surface area contributed by atoms with Crippen LogP contribution >= 0.6 is 0 Å². The molecule has 0 aromatic heterocycles. The topological polar surface area (TPSA) is 57.6 Å². The van der Waals surface area contributed by atoms with Gasteiger partial charge in [0.15, 0.2) is 0 Å². The zero-order valence-corrected chi connectivity index (χ0v) is 24.2. The number of carbonyl (C=O) groups excluding carboxylic acids is 1. The maximum atomic E-state index is 14.9. The highest BCUT2D eigenvalue weighted by Crippen LogP contribution is 2.52. The number of hydrogen-bond donors (Lipinski definition) is 1. The van der Waals surface area contributed by atoms with E-state index in [-0.39, 0.29) is 37.6 Å². The molecular formula is C33H38F5NO3. The van der Waals surface area contributed by atoms with Crippen molar-refractivity contribution in [3.05, 3.63) is 70.3 Å². The van der Waals surface area contributed by atoms with Crippen LogP contribution in [0.15, 0.2) is 42.5 Å². The number of carboxylic acid groups (broad SMARTS) is 1. The van der Waals surface area contributed by atoms with Crippen molar-refractivity contribution in [2.24, 2.45) is 5.92 Å². The number of amides is 1. The van der Waals surface area contributed by atoms with E-state index >= 15 is 0 Å². The second-order valence-corrected chi connectivity index (χ2v) is 13.0. The largest absolute Gasteiger partial charge is 0.479 e. The van der Waals surface area contributed by atoms with Gasteiger partial charge < -0.3 is 10.0 Å². The molecular weight excluding hydrogens is 553 g/mol. The van der Waals surface area contributed by atoms with Crippen molar-refractivity contribution in [1.29, 1.82) is 0 Å². The first kappa shape index (κ1) is 30.5. The number of fused-ring (bicyclic) bond motifs is 3. The molecule has 3 unspecified atom stereocenters. The van der Waals surface area contributed by atoms with E-state index < -0.39 is 40.4 Å². The second kappa shape index (κ2) is 10.6. The summed E-state index contributed by atoms with van der Waals surface area (Å²) in [6.45, 7) is 5.19. The van der Waals surface area contributed by atoms with Crippen molar-refractivity contribution in [2.45, 2.75) is 107 Å². The minimum Gasteiger partial charge on any atom is -0.479 e. The Morgan fingerprint density at radius 3 is 2.21 bits per heavy atom. The van der Waals surface area contributed by atoms with E-state index in [1.807, 2.05) is 4.90 Å². The predicted molar refractivity (Wildman–Crippen MR) is 149 cm³/mol. The van der Waals surface area contributed by atoms with Gasteiger partial charge in [-0.2, -0.15) is 13.2 Å². The molecule has 9 heteroatoms. The number of nitrogens with zero attached hydrogens (tertiary/aromatic N) is 1. The molecule has 228 valence electrons. The van der Waals surface area contributed by atoms with Gasteiger partial charge in [0.2, 0.25) is 17.2 Å². The van der Waals surface area contributed by atoms with Crippen LogP contribution in [0, 0.1) is 5.92 Å². The van der Waals surface area contributed by atoms with E-state index in [9.17, 15) is 36.6 Å². The van der Waals surface area contributed by atoms with Crippen molar-refractivity contribution in [1.82, 2.24) is 4.90 Å². The molecule has 2 aromatic carbocycles. The van der Waals surface area contributed by atoms with Gasteiger partial charge in [0.1, 0.15) is 0 Å². The fourth-order valence-corrected chi connectivity index (χ4v) is 7.44. The third-order valence-corrected chi connectivity index (χ3v) is 10.2. The van der Waals surface area contributed by atoms with Crippen molar-refractivity contribution in [3.8, 4) is 0 Å². The number of carboxylic acids is 1.